The van der Waals surface area contributed by atoms with Crippen molar-refractivity contribution in [1.82, 2.24) is 20.3 Å². The number of nitrogens with two attached hydrogens (primary N) is 1. The summed E-state index contributed by atoms with van der Waals surface area (Å²) in [6.45, 7) is 1.15. The maximum absolute atomic E-state index is 12.8. The Morgan fingerprint density at radius 2 is 1.38 bits per heavy atom. The fourth-order valence-electron chi connectivity index (χ4n) is 5.18. The summed E-state index contributed by atoms with van der Waals surface area (Å²) in [7, 11) is 0. The van der Waals surface area contributed by atoms with Gasteiger partial charge < -0.3 is 31.1 Å². The van der Waals surface area contributed by atoms with E-state index >= 15 is 0 Å². The zero-order valence-corrected chi connectivity index (χ0v) is 20.4. The van der Waals surface area contributed by atoms with Gasteiger partial charge in [0.05, 0.1) is 6.42 Å². The topological polar surface area (TPSA) is 123 Å². The van der Waals surface area contributed by atoms with Crippen LogP contribution in [0.3, 0.4) is 0 Å². The van der Waals surface area contributed by atoms with Crippen molar-refractivity contribution in [2.75, 3.05) is 13.1 Å². The molecule has 3 heterocycles. The first-order valence-electron chi connectivity index (χ1n) is 12.5. The standard InChI is InChI=1S/C30H29N5O2/c31-9-7-20-15-35-29-12-19(1-4-24(20)29)18-2-5-27-25(11-18)22(17-34-27)13-30(37)32-10-8-21-16-33-28-6-3-23(36)14-26(21)28/h1-6,11-12,14-17,33-36H,7-10,13,31H2,(H,32,37). The Balaban J connectivity index is 1.16. The third-order valence-electron chi connectivity index (χ3n) is 7.10. The average Bonchev–Trinajstić information content (AvgIpc) is 3.61. The molecule has 0 aliphatic carbocycles. The van der Waals surface area contributed by atoms with Gasteiger partial charge in [0.25, 0.3) is 0 Å². The number of aromatic hydroxyl groups is 1. The van der Waals surface area contributed by atoms with Crippen LogP contribution in [0.1, 0.15) is 16.7 Å². The van der Waals surface area contributed by atoms with E-state index in [9.17, 15) is 9.90 Å². The largest absolute Gasteiger partial charge is 0.508 e. The lowest BCUT2D eigenvalue weighted by molar-refractivity contribution is -0.120. The van der Waals surface area contributed by atoms with Gasteiger partial charge in [0.1, 0.15) is 5.75 Å². The van der Waals surface area contributed by atoms with E-state index in [1.807, 2.05) is 24.7 Å². The van der Waals surface area contributed by atoms with Gasteiger partial charge in [0.2, 0.25) is 5.91 Å². The second-order valence-electron chi connectivity index (χ2n) is 9.51. The molecule has 0 aliphatic rings. The van der Waals surface area contributed by atoms with Gasteiger partial charge >= 0.3 is 0 Å². The van der Waals surface area contributed by atoms with Crippen LogP contribution >= 0.6 is 0 Å². The summed E-state index contributed by atoms with van der Waals surface area (Å²) in [6, 6.07) is 18.0. The normalized spacial score (nSPS) is 11.6. The van der Waals surface area contributed by atoms with Crippen molar-refractivity contribution >= 4 is 38.6 Å². The summed E-state index contributed by atoms with van der Waals surface area (Å²) >= 11 is 0. The molecule has 6 aromatic rings. The molecule has 186 valence electrons. The molecule has 0 aliphatic heterocycles. The molecule has 3 aromatic carbocycles. The van der Waals surface area contributed by atoms with Crippen molar-refractivity contribution in [1.29, 1.82) is 0 Å². The molecule has 7 nitrogen and oxygen atoms in total. The maximum Gasteiger partial charge on any atom is 0.224 e. The van der Waals surface area contributed by atoms with Crippen molar-refractivity contribution in [2.24, 2.45) is 5.73 Å². The van der Waals surface area contributed by atoms with Gasteiger partial charge in [-0.05, 0) is 83.6 Å². The van der Waals surface area contributed by atoms with Crippen LogP contribution in [-0.2, 0) is 24.1 Å². The fraction of sp³-hybridized carbons (Fsp3) is 0.167. The van der Waals surface area contributed by atoms with Crippen LogP contribution in [-0.4, -0.2) is 39.1 Å². The number of carbonyl (C=O) groups excluding carboxylic acids is 1. The van der Waals surface area contributed by atoms with Crippen molar-refractivity contribution in [3.63, 3.8) is 0 Å². The average molecular weight is 492 g/mol. The Hall–Kier alpha value is -4.49. The SMILES string of the molecule is NCCc1c[nH]c2cc(-c3ccc4[nH]cc(CC(=O)NCCc5c[nH]c6ccc(O)cc56)c4c3)ccc12. The molecule has 6 rings (SSSR count). The van der Waals surface area contributed by atoms with Crippen LogP contribution in [0.15, 0.2) is 73.2 Å². The number of aromatic amines is 3. The molecule has 7 heteroatoms. The van der Waals surface area contributed by atoms with Crippen molar-refractivity contribution < 1.29 is 9.90 Å². The number of hydrogen-bond acceptors (Lipinski definition) is 3. The molecule has 0 saturated heterocycles. The van der Waals surface area contributed by atoms with Crippen LogP contribution in [0.5, 0.6) is 5.75 Å². The Labute approximate surface area is 213 Å². The molecular weight excluding hydrogens is 462 g/mol. The third-order valence-corrected chi connectivity index (χ3v) is 7.10. The van der Waals surface area contributed by atoms with Gasteiger partial charge in [-0.1, -0.05) is 18.2 Å². The molecule has 37 heavy (non-hydrogen) atoms. The predicted octanol–water partition coefficient (Wildman–Crippen LogP) is 4.91. The van der Waals surface area contributed by atoms with Crippen LogP contribution < -0.4 is 11.1 Å². The van der Waals surface area contributed by atoms with Crippen LogP contribution in [0.4, 0.5) is 0 Å². The first-order valence-corrected chi connectivity index (χ1v) is 12.5. The number of nitrogens with one attached hydrogen (secondary N) is 4. The lowest BCUT2D eigenvalue weighted by Crippen LogP contribution is -2.27. The van der Waals surface area contributed by atoms with E-state index in [2.05, 4.69) is 56.7 Å². The second-order valence-corrected chi connectivity index (χ2v) is 9.51. The van der Waals surface area contributed by atoms with Crippen molar-refractivity contribution in [2.45, 2.75) is 19.3 Å². The number of phenolic OH excluding ortho intramolecular Hbond substituents is 1. The minimum Gasteiger partial charge on any atom is -0.508 e. The molecule has 0 radical (unpaired) electrons. The molecule has 0 atom stereocenters. The smallest absolute Gasteiger partial charge is 0.224 e. The predicted molar refractivity (Wildman–Crippen MR) is 149 cm³/mol. The molecule has 0 unspecified atom stereocenters. The van der Waals surface area contributed by atoms with Crippen molar-refractivity contribution in [3.8, 4) is 16.9 Å². The first-order chi connectivity index (χ1) is 18.1. The number of amides is 1. The number of carbonyl (C=O) groups is 1. The van der Waals surface area contributed by atoms with Gasteiger partial charge in [-0.2, -0.15) is 0 Å². The van der Waals surface area contributed by atoms with Crippen LogP contribution in [0.2, 0.25) is 0 Å². The highest BCUT2D eigenvalue weighted by atomic mass is 16.3. The van der Waals surface area contributed by atoms with Gasteiger partial charge in [-0.15, -0.1) is 0 Å². The number of H-pyrrole nitrogens is 3. The molecule has 3 aromatic heterocycles. The lowest BCUT2D eigenvalue weighted by Gasteiger charge is -2.06. The Bertz CT molecular complexity index is 1740. The fourth-order valence-corrected chi connectivity index (χ4v) is 5.18. The Kier molecular flexibility index (Phi) is 5.90. The molecule has 0 spiro atoms. The minimum atomic E-state index is -0.0192. The molecule has 1 amide bonds. The zero-order chi connectivity index (χ0) is 25.4. The zero-order valence-electron chi connectivity index (χ0n) is 20.4. The van der Waals surface area contributed by atoms with Gasteiger partial charge in [-0.3, -0.25) is 4.79 Å². The first kappa shape index (κ1) is 22.9. The van der Waals surface area contributed by atoms with Gasteiger partial charge in [0.15, 0.2) is 0 Å². The van der Waals surface area contributed by atoms with Crippen molar-refractivity contribution in [3.05, 3.63) is 89.9 Å². The summed E-state index contributed by atoms with van der Waals surface area (Å²) in [5.74, 6) is 0.217. The summed E-state index contributed by atoms with van der Waals surface area (Å²) in [5, 5.41) is 16.1. The maximum atomic E-state index is 12.8. The number of benzene rings is 3. The molecule has 0 bridgehead atoms. The van der Waals surface area contributed by atoms with E-state index < -0.39 is 0 Å². The van der Waals surface area contributed by atoms with Crippen LogP contribution in [0, 0.1) is 0 Å². The minimum absolute atomic E-state index is 0.0192. The Morgan fingerprint density at radius 3 is 2.19 bits per heavy atom. The highest BCUT2D eigenvalue weighted by Gasteiger charge is 2.12. The summed E-state index contributed by atoms with van der Waals surface area (Å²) in [4.78, 5) is 22.6. The Morgan fingerprint density at radius 1 is 0.730 bits per heavy atom. The number of phenols is 1. The highest BCUT2D eigenvalue weighted by molar-refractivity contribution is 5.93. The summed E-state index contributed by atoms with van der Waals surface area (Å²) in [5.41, 5.74) is 14.3. The van der Waals surface area contributed by atoms with Gasteiger partial charge in [0, 0.05) is 57.8 Å². The summed E-state index contributed by atoms with van der Waals surface area (Å²) in [6.07, 6.45) is 7.73. The van der Waals surface area contributed by atoms with Gasteiger partial charge in [-0.25, -0.2) is 0 Å². The van der Waals surface area contributed by atoms with E-state index in [1.54, 1.807) is 12.1 Å². The van der Waals surface area contributed by atoms with E-state index in [4.69, 9.17) is 5.73 Å². The molecule has 0 saturated carbocycles. The number of fused-ring (bicyclic) bond motifs is 3. The number of aromatic nitrogens is 3. The third kappa shape index (κ3) is 4.45. The molecular formula is C30H29N5O2. The van der Waals surface area contributed by atoms with E-state index in [0.29, 0.717) is 25.9 Å². The highest BCUT2D eigenvalue weighted by Crippen LogP contribution is 2.30. The molecule has 7 N–H and O–H groups in total. The second kappa shape index (κ2) is 9.52. The van der Waals surface area contributed by atoms with E-state index in [1.165, 1.54) is 10.9 Å². The lowest BCUT2D eigenvalue weighted by atomic mass is 10.00. The van der Waals surface area contributed by atoms with E-state index in [0.717, 1.165) is 56.0 Å². The van der Waals surface area contributed by atoms with Crippen LogP contribution in [0.25, 0.3) is 43.8 Å². The number of hydrogen-bond donors (Lipinski definition) is 6. The summed E-state index contributed by atoms with van der Waals surface area (Å²) < 4.78 is 0. The number of rotatable bonds is 8. The quantitative estimate of drug-likeness (QED) is 0.181. The van der Waals surface area contributed by atoms with E-state index in [-0.39, 0.29) is 11.7 Å². The molecule has 0 fully saturated rings. The monoisotopic (exact) mass is 491 g/mol.